The quantitative estimate of drug-likeness (QED) is 0.477. The van der Waals surface area contributed by atoms with E-state index in [4.69, 9.17) is 16.7 Å². The van der Waals surface area contributed by atoms with Gasteiger partial charge in [-0.05, 0) is 30.3 Å². The molecule has 5 nitrogen and oxygen atoms in total. The minimum Gasteiger partial charge on any atom is -0.478 e. The van der Waals surface area contributed by atoms with Crippen LogP contribution in [0.3, 0.4) is 0 Å². The lowest BCUT2D eigenvalue weighted by Crippen LogP contribution is -2.17. The predicted octanol–water partition coefficient (Wildman–Crippen LogP) is 4.87. The van der Waals surface area contributed by atoms with Gasteiger partial charge in [-0.3, -0.25) is 4.68 Å². The maximum atomic E-state index is 14.1. The number of halogens is 5. The van der Waals surface area contributed by atoms with Crippen LogP contribution in [-0.4, -0.2) is 27.2 Å². The van der Waals surface area contributed by atoms with E-state index in [2.05, 4.69) is 9.84 Å². The lowest BCUT2D eigenvalue weighted by atomic mass is 10.2. The highest BCUT2D eigenvalue weighted by atomic mass is 35.5. The van der Waals surface area contributed by atoms with Gasteiger partial charge < -0.3 is 9.84 Å². The maximum absolute atomic E-state index is 14.1. The van der Waals surface area contributed by atoms with Crippen LogP contribution in [0.4, 0.5) is 17.6 Å². The van der Waals surface area contributed by atoms with Crippen LogP contribution in [0.2, 0.25) is 5.02 Å². The van der Waals surface area contributed by atoms with E-state index in [1.165, 1.54) is 29.0 Å². The van der Waals surface area contributed by atoms with E-state index in [-0.39, 0.29) is 28.3 Å². The Morgan fingerprint density at radius 2 is 2.00 bits per heavy atom. The first-order valence-corrected chi connectivity index (χ1v) is 8.11. The first-order chi connectivity index (χ1) is 13.1. The summed E-state index contributed by atoms with van der Waals surface area (Å²) in [6, 6.07) is 7.50. The van der Waals surface area contributed by atoms with Gasteiger partial charge in [0.15, 0.2) is 0 Å². The molecule has 0 atom stereocenters. The van der Waals surface area contributed by atoms with Crippen LogP contribution in [0, 0.1) is 5.82 Å². The third-order valence-corrected chi connectivity index (χ3v) is 3.94. The molecule has 0 saturated carbocycles. The van der Waals surface area contributed by atoms with Gasteiger partial charge in [0, 0.05) is 28.1 Å². The van der Waals surface area contributed by atoms with E-state index >= 15 is 0 Å². The summed E-state index contributed by atoms with van der Waals surface area (Å²) < 4.78 is 56.8. The summed E-state index contributed by atoms with van der Waals surface area (Å²) in [4.78, 5) is 10.8. The fourth-order valence-corrected chi connectivity index (χ4v) is 2.74. The Hall–Kier alpha value is -3.07. The number of benzene rings is 2. The molecule has 0 aliphatic rings. The summed E-state index contributed by atoms with van der Waals surface area (Å²) in [5.74, 6) is -2.31. The average Bonchev–Trinajstić information content (AvgIpc) is 2.91. The Bertz CT molecular complexity index is 1080. The van der Waals surface area contributed by atoms with Crippen LogP contribution in [0.5, 0.6) is 5.75 Å². The van der Waals surface area contributed by atoms with Gasteiger partial charge in [-0.15, -0.1) is 13.2 Å². The number of ether oxygens (including phenoxy) is 1. The summed E-state index contributed by atoms with van der Waals surface area (Å²) in [6.45, 7) is -0.115. The van der Waals surface area contributed by atoms with Gasteiger partial charge >= 0.3 is 12.3 Å². The Morgan fingerprint density at radius 1 is 1.25 bits per heavy atom. The minimum atomic E-state index is -4.88. The standard InChI is InChI=1S/C18H11ClF4N2O3/c19-11-2-1-10(14(20)7-11)9-25-16-8-12(28-18(21,22)23)3-4-13(16)15(24-25)5-6-17(26)27/h1-8H,9H2,(H,26,27)/b6-5+. The molecule has 0 aliphatic carbocycles. The molecule has 0 radical (unpaired) electrons. The minimum absolute atomic E-state index is 0.115. The van der Waals surface area contributed by atoms with Crippen molar-refractivity contribution in [1.82, 2.24) is 9.78 Å². The highest BCUT2D eigenvalue weighted by Crippen LogP contribution is 2.29. The van der Waals surface area contributed by atoms with E-state index < -0.39 is 23.9 Å². The number of aromatic nitrogens is 2. The van der Waals surface area contributed by atoms with Crippen LogP contribution >= 0.6 is 11.6 Å². The average molecular weight is 415 g/mol. The zero-order valence-corrected chi connectivity index (χ0v) is 14.6. The van der Waals surface area contributed by atoms with Gasteiger partial charge in [-0.25, -0.2) is 9.18 Å². The van der Waals surface area contributed by atoms with Crippen LogP contribution in [0.15, 0.2) is 42.5 Å². The van der Waals surface area contributed by atoms with Crippen LogP contribution in [0.1, 0.15) is 11.3 Å². The van der Waals surface area contributed by atoms with Crippen molar-refractivity contribution in [2.75, 3.05) is 0 Å². The lowest BCUT2D eigenvalue weighted by Gasteiger charge is -2.10. The molecule has 0 amide bonds. The van der Waals surface area contributed by atoms with Gasteiger partial charge in [-0.2, -0.15) is 5.10 Å². The summed E-state index contributed by atoms with van der Waals surface area (Å²) in [7, 11) is 0. The van der Waals surface area contributed by atoms with E-state index in [1.807, 2.05) is 0 Å². The largest absolute Gasteiger partial charge is 0.573 e. The topological polar surface area (TPSA) is 64.3 Å². The molecule has 0 aliphatic heterocycles. The number of aliphatic carboxylic acids is 1. The highest BCUT2D eigenvalue weighted by molar-refractivity contribution is 6.30. The van der Waals surface area contributed by atoms with Gasteiger partial charge in [0.05, 0.1) is 17.8 Å². The van der Waals surface area contributed by atoms with Gasteiger partial charge in [0.25, 0.3) is 0 Å². The van der Waals surface area contributed by atoms with E-state index in [0.29, 0.717) is 5.39 Å². The van der Waals surface area contributed by atoms with Crippen molar-refractivity contribution >= 4 is 34.5 Å². The Balaban J connectivity index is 2.10. The molecule has 146 valence electrons. The number of alkyl halides is 3. The summed E-state index contributed by atoms with van der Waals surface area (Å²) in [5.41, 5.74) is 0.608. The maximum Gasteiger partial charge on any atom is 0.573 e. The number of hydrogen-bond acceptors (Lipinski definition) is 3. The molecule has 0 saturated heterocycles. The van der Waals surface area contributed by atoms with Gasteiger partial charge in [0.2, 0.25) is 0 Å². The number of carboxylic acid groups (broad SMARTS) is 1. The Labute approximate surface area is 160 Å². The van der Waals surface area contributed by atoms with Crippen molar-refractivity contribution in [2.24, 2.45) is 0 Å². The van der Waals surface area contributed by atoms with Crippen molar-refractivity contribution in [3.05, 3.63) is 64.6 Å². The van der Waals surface area contributed by atoms with Crippen molar-refractivity contribution < 1.29 is 32.2 Å². The lowest BCUT2D eigenvalue weighted by molar-refractivity contribution is -0.274. The second kappa shape index (κ2) is 7.51. The fourth-order valence-electron chi connectivity index (χ4n) is 2.58. The number of fused-ring (bicyclic) bond motifs is 1. The molecule has 10 heteroatoms. The SMILES string of the molecule is O=C(O)/C=C/c1nn(Cc2ccc(Cl)cc2F)c2cc(OC(F)(F)F)ccc12. The number of rotatable bonds is 5. The second-order valence-corrected chi connectivity index (χ2v) is 6.11. The number of carbonyl (C=O) groups is 1. The predicted molar refractivity (Wildman–Crippen MR) is 93.6 cm³/mol. The van der Waals surface area contributed by atoms with Crippen molar-refractivity contribution in [3.63, 3.8) is 0 Å². The third-order valence-electron chi connectivity index (χ3n) is 3.70. The Kier molecular flexibility index (Phi) is 5.28. The molecule has 1 N–H and O–H groups in total. The van der Waals surface area contributed by atoms with Crippen molar-refractivity contribution in [3.8, 4) is 5.75 Å². The van der Waals surface area contributed by atoms with Crippen LogP contribution in [-0.2, 0) is 11.3 Å². The van der Waals surface area contributed by atoms with Crippen LogP contribution < -0.4 is 4.74 Å². The van der Waals surface area contributed by atoms with E-state index in [9.17, 15) is 22.4 Å². The fraction of sp³-hybridized carbons (Fsp3) is 0.111. The summed E-state index contributed by atoms with van der Waals surface area (Å²) in [6.07, 6.45) is -2.84. The second-order valence-electron chi connectivity index (χ2n) is 5.68. The Morgan fingerprint density at radius 3 is 2.64 bits per heavy atom. The van der Waals surface area contributed by atoms with Crippen molar-refractivity contribution in [2.45, 2.75) is 12.9 Å². The van der Waals surface area contributed by atoms with Gasteiger partial charge in [-0.1, -0.05) is 17.7 Å². The summed E-state index contributed by atoms with van der Waals surface area (Å²) in [5, 5.41) is 13.6. The molecule has 2 aromatic carbocycles. The normalized spacial score (nSPS) is 12.0. The molecule has 3 aromatic rings. The first kappa shape index (κ1) is 19.7. The molecule has 3 rings (SSSR count). The smallest absolute Gasteiger partial charge is 0.478 e. The molecular weight excluding hydrogens is 404 g/mol. The van der Waals surface area contributed by atoms with Gasteiger partial charge in [0.1, 0.15) is 11.6 Å². The molecule has 1 heterocycles. The van der Waals surface area contributed by atoms with Crippen LogP contribution in [0.25, 0.3) is 17.0 Å². The van der Waals surface area contributed by atoms with E-state index in [1.54, 1.807) is 0 Å². The number of carboxylic acids is 1. The first-order valence-electron chi connectivity index (χ1n) is 7.73. The molecule has 1 aromatic heterocycles. The molecule has 28 heavy (non-hydrogen) atoms. The molecule has 0 bridgehead atoms. The van der Waals surface area contributed by atoms with Crippen molar-refractivity contribution in [1.29, 1.82) is 0 Å². The highest BCUT2D eigenvalue weighted by Gasteiger charge is 2.31. The molecule has 0 unspecified atom stereocenters. The molecular formula is C18H11ClF4N2O3. The monoisotopic (exact) mass is 414 g/mol. The zero-order chi connectivity index (χ0) is 20.5. The number of nitrogens with zero attached hydrogens (tertiary/aromatic N) is 2. The zero-order valence-electron chi connectivity index (χ0n) is 13.9. The third kappa shape index (κ3) is 4.61. The molecule has 0 fully saturated rings. The molecule has 0 spiro atoms. The summed E-state index contributed by atoms with van der Waals surface area (Å²) >= 11 is 5.72. The number of hydrogen-bond donors (Lipinski definition) is 1. The van der Waals surface area contributed by atoms with E-state index in [0.717, 1.165) is 24.3 Å².